The Morgan fingerprint density at radius 3 is 2.25 bits per heavy atom. The highest BCUT2D eigenvalue weighted by atomic mass is 79.9. The standard InChI is InChI=1S/C18H19BrN2O3/c1-13-2-8-16(9-3-13)24-12-17(22)20-10-11-21-18(23)14-4-6-15(19)7-5-14/h2-9H,10-12H2,1H3,(H,20,22)(H,21,23). The van der Waals surface area contributed by atoms with Crippen molar-refractivity contribution >= 4 is 27.7 Å². The molecular formula is C18H19BrN2O3. The van der Waals surface area contributed by atoms with Gasteiger partial charge in [0.1, 0.15) is 5.75 Å². The molecule has 6 heteroatoms. The molecule has 24 heavy (non-hydrogen) atoms. The molecule has 2 N–H and O–H groups in total. The largest absolute Gasteiger partial charge is 0.484 e. The van der Waals surface area contributed by atoms with Crippen molar-refractivity contribution in [3.05, 3.63) is 64.1 Å². The lowest BCUT2D eigenvalue weighted by Crippen LogP contribution is -2.36. The molecular weight excluding hydrogens is 372 g/mol. The van der Waals surface area contributed by atoms with Crippen LogP contribution >= 0.6 is 15.9 Å². The van der Waals surface area contributed by atoms with E-state index in [0.717, 1.165) is 10.0 Å². The summed E-state index contributed by atoms with van der Waals surface area (Å²) >= 11 is 3.32. The van der Waals surface area contributed by atoms with E-state index in [2.05, 4.69) is 26.6 Å². The van der Waals surface area contributed by atoms with E-state index in [1.165, 1.54) is 0 Å². The highest BCUT2D eigenvalue weighted by Crippen LogP contribution is 2.11. The van der Waals surface area contributed by atoms with Crippen molar-refractivity contribution in [2.75, 3.05) is 19.7 Å². The third-order valence-corrected chi connectivity index (χ3v) is 3.76. The monoisotopic (exact) mass is 390 g/mol. The molecule has 0 heterocycles. The Labute approximate surface area is 149 Å². The second-order valence-electron chi connectivity index (χ2n) is 5.21. The van der Waals surface area contributed by atoms with Crippen LogP contribution in [0.25, 0.3) is 0 Å². The lowest BCUT2D eigenvalue weighted by molar-refractivity contribution is -0.123. The number of nitrogens with one attached hydrogen (secondary N) is 2. The molecule has 0 unspecified atom stereocenters. The summed E-state index contributed by atoms with van der Waals surface area (Å²) in [5, 5.41) is 5.44. The molecule has 0 saturated heterocycles. The third kappa shape index (κ3) is 6.04. The predicted octanol–water partition coefficient (Wildman–Crippen LogP) is 2.68. The van der Waals surface area contributed by atoms with E-state index in [0.29, 0.717) is 24.4 Å². The molecule has 0 radical (unpaired) electrons. The summed E-state index contributed by atoms with van der Waals surface area (Å²) in [7, 11) is 0. The Morgan fingerprint density at radius 2 is 1.58 bits per heavy atom. The summed E-state index contributed by atoms with van der Waals surface area (Å²) in [6.07, 6.45) is 0. The number of hydrogen-bond donors (Lipinski definition) is 2. The molecule has 0 saturated carbocycles. The third-order valence-electron chi connectivity index (χ3n) is 3.23. The molecule has 5 nitrogen and oxygen atoms in total. The lowest BCUT2D eigenvalue weighted by atomic mass is 10.2. The van der Waals surface area contributed by atoms with Gasteiger partial charge in [0.25, 0.3) is 11.8 Å². The van der Waals surface area contributed by atoms with Crippen molar-refractivity contribution < 1.29 is 14.3 Å². The van der Waals surface area contributed by atoms with E-state index in [1.807, 2.05) is 31.2 Å². The highest BCUT2D eigenvalue weighted by Gasteiger charge is 2.05. The molecule has 0 bridgehead atoms. The van der Waals surface area contributed by atoms with Gasteiger partial charge in [0.15, 0.2) is 6.61 Å². The average Bonchev–Trinajstić information content (AvgIpc) is 2.58. The molecule has 2 aromatic carbocycles. The van der Waals surface area contributed by atoms with Gasteiger partial charge in [-0.1, -0.05) is 33.6 Å². The van der Waals surface area contributed by atoms with E-state index in [-0.39, 0.29) is 18.4 Å². The Bertz CT molecular complexity index is 684. The zero-order valence-corrected chi connectivity index (χ0v) is 14.9. The summed E-state index contributed by atoms with van der Waals surface area (Å²) in [6, 6.07) is 14.6. The molecule has 0 spiro atoms. The van der Waals surface area contributed by atoms with Crippen LogP contribution in [0.15, 0.2) is 53.0 Å². The number of carbonyl (C=O) groups is 2. The molecule has 0 aliphatic heterocycles. The van der Waals surface area contributed by atoms with Gasteiger partial charge in [-0.15, -0.1) is 0 Å². The van der Waals surface area contributed by atoms with Crippen molar-refractivity contribution in [2.24, 2.45) is 0 Å². The Hall–Kier alpha value is -2.34. The van der Waals surface area contributed by atoms with E-state index >= 15 is 0 Å². The topological polar surface area (TPSA) is 67.4 Å². The summed E-state index contributed by atoms with van der Waals surface area (Å²) in [4.78, 5) is 23.6. The van der Waals surface area contributed by atoms with E-state index < -0.39 is 0 Å². The van der Waals surface area contributed by atoms with Crippen molar-refractivity contribution in [3.63, 3.8) is 0 Å². The number of carbonyl (C=O) groups excluding carboxylic acids is 2. The maximum Gasteiger partial charge on any atom is 0.258 e. The fourth-order valence-corrected chi connectivity index (χ4v) is 2.18. The van der Waals surface area contributed by atoms with Crippen LogP contribution in [0.2, 0.25) is 0 Å². The SMILES string of the molecule is Cc1ccc(OCC(=O)NCCNC(=O)c2ccc(Br)cc2)cc1. The molecule has 0 aliphatic rings. The number of aryl methyl sites for hydroxylation is 1. The molecule has 2 rings (SSSR count). The maximum absolute atomic E-state index is 11.9. The fraction of sp³-hybridized carbons (Fsp3) is 0.222. The normalized spacial score (nSPS) is 10.1. The van der Waals surface area contributed by atoms with Crippen LogP contribution in [0.5, 0.6) is 5.75 Å². The van der Waals surface area contributed by atoms with Gasteiger partial charge in [0.05, 0.1) is 0 Å². The molecule has 126 valence electrons. The number of rotatable bonds is 7. The van der Waals surface area contributed by atoms with E-state index in [4.69, 9.17) is 4.74 Å². The van der Waals surface area contributed by atoms with Gasteiger partial charge in [-0.05, 0) is 43.3 Å². The first kappa shape index (κ1) is 18.0. The Balaban J connectivity index is 1.63. The quantitative estimate of drug-likeness (QED) is 0.714. The Kier molecular flexibility index (Phi) is 6.81. The van der Waals surface area contributed by atoms with Crippen molar-refractivity contribution in [1.82, 2.24) is 10.6 Å². The molecule has 0 aromatic heterocycles. The van der Waals surface area contributed by atoms with E-state index in [1.54, 1.807) is 24.3 Å². The zero-order chi connectivity index (χ0) is 17.4. The minimum atomic E-state index is -0.228. The van der Waals surface area contributed by atoms with Crippen LogP contribution in [-0.2, 0) is 4.79 Å². The minimum Gasteiger partial charge on any atom is -0.484 e. The zero-order valence-electron chi connectivity index (χ0n) is 13.3. The second-order valence-corrected chi connectivity index (χ2v) is 6.13. The molecule has 2 amide bonds. The first-order chi connectivity index (χ1) is 11.5. The van der Waals surface area contributed by atoms with Gasteiger partial charge in [-0.3, -0.25) is 9.59 Å². The summed E-state index contributed by atoms with van der Waals surface area (Å²) in [6.45, 7) is 2.63. The Morgan fingerprint density at radius 1 is 0.958 bits per heavy atom. The van der Waals surface area contributed by atoms with Gasteiger partial charge < -0.3 is 15.4 Å². The van der Waals surface area contributed by atoms with Crippen molar-refractivity contribution in [1.29, 1.82) is 0 Å². The summed E-state index contributed by atoms with van der Waals surface area (Å²) in [5.74, 6) is 0.250. The maximum atomic E-state index is 11.9. The summed E-state index contributed by atoms with van der Waals surface area (Å²) < 4.78 is 6.29. The number of ether oxygens (including phenoxy) is 1. The van der Waals surface area contributed by atoms with Crippen molar-refractivity contribution in [3.8, 4) is 5.75 Å². The summed E-state index contributed by atoms with van der Waals surface area (Å²) in [5.41, 5.74) is 1.71. The first-order valence-corrected chi connectivity index (χ1v) is 8.34. The molecule has 0 fully saturated rings. The van der Waals surface area contributed by atoms with Crippen LogP contribution in [0, 0.1) is 6.92 Å². The van der Waals surface area contributed by atoms with Crippen LogP contribution in [0.4, 0.5) is 0 Å². The smallest absolute Gasteiger partial charge is 0.258 e. The second kappa shape index (κ2) is 9.08. The molecule has 2 aromatic rings. The minimum absolute atomic E-state index is 0.0519. The molecule has 0 atom stereocenters. The molecule has 0 aliphatic carbocycles. The van der Waals surface area contributed by atoms with Gasteiger partial charge in [0, 0.05) is 23.1 Å². The lowest BCUT2D eigenvalue weighted by Gasteiger charge is -2.09. The number of benzene rings is 2. The number of halogens is 1. The van der Waals surface area contributed by atoms with Gasteiger partial charge in [0.2, 0.25) is 0 Å². The predicted molar refractivity (Wildman–Crippen MR) is 96.2 cm³/mol. The van der Waals surface area contributed by atoms with Gasteiger partial charge >= 0.3 is 0 Å². The highest BCUT2D eigenvalue weighted by molar-refractivity contribution is 9.10. The van der Waals surface area contributed by atoms with Gasteiger partial charge in [-0.25, -0.2) is 0 Å². The van der Waals surface area contributed by atoms with Crippen LogP contribution in [0.3, 0.4) is 0 Å². The van der Waals surface area contributed by atoms with Crippen LogP contribution < -0.4 is 15.4 Å². The van der Waals surface area contributed by atoms with Crippen LogP contribution in [0.1, 0.15) is 15.9 Å². The fourth-order valence-electron chi connectivity index (χ4n) is 1.92. The number of hydrogen-bond acceptors (Lipinski definition) is 3. The van der Waals surface area contributed by atoms with Crippen molar-refractivity contribution in [2.45, 2.75) is 6.92 Å². The van der Waals surface area contributed by atoms with Gasteiger partial charge in [-0.2, -0.15) is 0 Å². The van der Waals surface area contributed by atoms with E-state index in [9.17, 15) is 9.59 Å². The number of amides is 2. The average molecular weight is 391 g/mol. The first-order valence-electron chi connectivity index (χ1n) is 7.54. The van der Waals surface area contributed by atoms with Crippen LogP contribution in [-0.4, -0.2) is 31.5 Å².